The molecule has 2 aromatic rings. The number of aryl methyl sites for hydroxylation is 1. The van der Waals surface area contributed by atoms with Crippen molar-refractivity contribution in [3.05, 3.63) is 54.1 Å². The van der Waals surface area contributed by atoms with Crippen molar-refractivity contribution in [3.8, 4) is 11.5 Å². The van der Waals surface area contributed by atoms with Gasteiger partial charge in [-0.2, -0.15) is 0 Å². The fourth-order valence-corrected chi connectivity index (χ4v) is 2.99. The van der Waals surface area contributed by atoms with Crippen molar-refractivity contribution in [2.45, 2.75) is 25.7 Å². The Morgan fingerprint density at radius 3 is 2.22 bits per heavy atom. The van der Waals surface area contributed by atoms with E-state index in [1.54, 1.807) is 7.11 Å². The third kappa shape index (κ3) is 7.49. The molecule has 5 heteroatoms. The highest BCUT2D eigenvalue weighted by Crippen LogP contribution is 2.28. The van der Waals surface area contributed by atoms with E-state index in [4.69, 9.17) is 9.47 Å². The minimum absolute atomic E-state index is 0.0226. The molecule has 5 nitrogen and oxygen atoms in total. The third-order valence-electron chi connectivity index (χ3n) is 4.43. The molecule has 0 amide bonds. The average Bonchev–Trinajstić information content (AvgIpc) is 2.71. The van der Waals surface area contributed by atoms with Gasteiger partial charge in [0.05, 0.1) is 26.9 Å². The highest BCUT2D eigenvalue weighted by atomic mass is 16.5. The molecule has 0 aromatic heterocycles. The van der Waals surface area contributed by atoms with Crippen LogP contribution in [0.15, 0.2) is 48.5 Å². The Morgan fingerprint density at radius 2 is 1.56 bits per heavy atom. The molecular weight excluding hydrogens is 342 g/mol. The predicted molar refractivity (Wildman–Crippen MR) is 109 cm³/mol. The molecule has 148 valence electrons. The maximum absolute atomic E-state index is 9.24. The van der Waals surface area contributed by atoms with Crippen molar-refractivity contribution in [2.24, 2.45) is 0 Å². The molecule has 0 heterocycles. The van der Waals surface area contributed by atoms with Crippen molar-refractivity contribution in [1.29, 1.82) is 0 Å². The first kappa shape index (κ1) is 21.1. The van der Waals surface area contributed by atoms with E-state index in [1.165, 1.54) is 5.56 Å². The molecule has 0 spiro atoms. The number of methoxy groups -OCH3 is 1. The maximum Gasteiger partial charge on any atom is 0.125 e. The molecule has 0 bridgehead atoms. The smallest absolute Gasteiger partial charge is 0.125 e. The Kier molecular flexibility index (Phi) is 9.52. The second kappa shape index (κ2) is 12.2. The van der Waals surface area contributed by atoms with Crippen molar-refractivity contribution < 1.29 is 19.7 Å². The molecule has 0 fully saturated rings. The number of rotatable bonds is 13. The summed E-state index contributed by atoms with van der Waals surface area (Å²) in [5, 5.41) is 18.5. The van der Waals surface area contributed by atoms with Crippen molar-refractivity contribution >= 4 is 5.69 Å². The Hall–Kier alpha value is -2.24. The SMILES string of the molecule is COc1cc(OCCCCCc2ccccc2)cc(N(CCO)CCO)c1. The van der Waals surface area contributed by atoms with Crippen LogP contribution >= 0.6 is 0 Å². The number of unbranched alkanes of at least 4 members (excludes halogenated alkanes) is 2. The van der Waals surface area contributed by atoms with Gasteiger partial charge in [-0.3, -0.25) is 0 Å². The molecule has 0 saturated carbocycles. The van der Waals surface area contributed by atoms with E-state index in [0.29, 0.717) is 25.4 Å². The average molecular weight is 373 g/mol. The lowest BCUT2D eigenvalue weighted by molar-refractivity contribution is 0.280. The fourth-order valence-electron chi connectivity index (χ4n) is 2.99. The molecule has 2 rings (SSSR count). The van der Waals surface area contributed by atoms with Crippen LogP contribution in [-0.4, -0.2) is 50.2 Å². The van der Waals surface area contributed by atoms with Crippen LogP contribution in [0, 0.1) is 0 Å². The topological polar surface area (TPSA) is 62.2 Å². The standard InChI is InChI=1S/C22H31NO4/c1-26-21-16-20(23(11-13-24)12-14-25)17-22(18-21)27-15-7-3-6-10-19-8-4-2-5-9-19/h2,4-5,8-9,16-18,24-25H,3,6-7,10-15H2,1H3. The van der Waals surface area contributed by atoms with Crippen LogP contribution < -0.4 is 14.4 Å². The molecule has 2 N–H and O–H groups in total. The van der Waals surface area contributed by atoms with Gasteiger partial charge in [0.15, 0.2) is 0 Å². The highest BCUT2D eigenvalue weighted by molar-refractivity contribution is 5.55. The van der Waals surface area contributed by atoms with Crippen LogP contribution in [0.3, 0.4) is 0 Å². The predicted octanol–water partition coefficient (Wildman–Crippen LogP) is 3.28. The number of nitrogens with zero attached hydrogens (tertiary/aromatic N) is 1. The summed E-state index contributed by atoms with van der Waals surface area (Å²) in [5.74, 6) is 1.45. The minimum Gasteiger partial charge on any atom is -0.497 e. The van der Waals surface area contributed by atoms with Crippen LogP contribution in [0.4, 0.5) is 5.69 Å². The number of hydrogen-bond donors (Lipinski definition) is 2. The van der Waals surface area contributed by atoms with Gasteiger partial charge >= 0.3 is 0 Å². The Morgan fingerprint density at radius 1 is 0.852 bits per heavy atom. The molecule has 2 aromatic carbocycles. The largest absolute Gasteiger partial charge is 0.497 e. The zero-order valence-corrected chi connectivity index (χ0v) is 16.1. The quantitative estimate of drug-likeness (QED) is 0.528. The second-order valence-corrected chi connectivity index (χ2v) is 6.45. The van der Waals surface area contributed by atoms with E-state index in [1.807, 2.05) is 29.2 Å². The van der Waals surface area contributed by atoms with E-state index >= 15 is 0 Å². The van der Waals surface area contributed by atoms with Gasteiger partial charge in [0.25, 0.3) is 0 Å². The van der Waals surface area contributed by atoms with Crippen LogP contribution in [0.25, 0.3) is 0 Å². The summed E-state index contributed by atoms with van der Waals surface area (Å²) < 4.78 is 11.3. The van der Waals surface area contributed by atoms with E-state index in [-0.39, 0.29) is 13.2 Å². The van der Waals surface area contributed by atoms with Crippen LogP contribution in [0.1, 0.15) is 24.8 Å². The Labute approximate surface area is 162 Å². The van der Waals surface area contributed by atoms with Gasteiger partial charge in [0.1, 0.15) is 11.5 Å². The van der Waals surface area contributed by atoms with E-state index in [9.17, 15) is 10.2 Å². The van der Waals surface area contributed by atoms with Gasteiger partial charge in [0, 0.05) is 37.0 Å². The monoisotopic (exact) mass is 373 g/mol. The lowest BCUT2D eigenvalue weighted by atomic mass is 10.1. The summed E-state index contributed by atoms with van der Waals surface area (Å²) in [6.07, 6.45) is 4.36. The van der Waals surface area contributed by atoms with Crippen LogP contribution in [-0.2, 0) is 6.42 Å². The summed E-state index contributed by atoms with van der Waals surface area (Å²) in [6.45, 7) is 1.60. The minimum atomic E-state index is 0.0226. The van der Waals surface area contributed by atoms with Gasteiger partial charge < -0.3 is 24.6 Å². The first-order valence-corrected chi connectivity index (χ1v) is 9.59. The molecular formula is C22H31NO4. The zero-order chi connectivity index (χ0) is 19.3. The van der Waals surface area contributed by atoms with Gasteiger partial charge in [-0.1, -0.05) is 30.3 Å². The molecule has 0 aliphatic carbocycles. The lowest BCUT2D eigenvalue weighted by Crippen LogP contribution is -2.29. The summed E-state index contributed by atoms with van der Waals surface area (Å²) in [5.41, 5.74) is 2.25. The first-order chi connectivity index (χ1) is 13.3. The normalized spacial score (nSPS) is 10.6. The second-order valence-electron chi connectivity index (χ2n) is 6.45. The Bertz CT molecular complexity index is 642. The number of hydrogen-bond acceptors (Lipinski definition) is 5. The van der Waals surface area contributed by atoms with Crippen molar-refractivity contribution in [3.63, 3.8) is 0 Å². The fraction of sp³-hybridized carbons (Fsp3) is 0.455. The zero-order valence-electron chi connectivity index (χ0n) is 16.1. The molecule has 0 unspecified atom stereocenters. The lowest BCUT2D eigenvalue weighted by Gasteiger charge is -2.24. The number of benzene rings is 2. The number of ether oxygens (including phenoxy) is 2. The molecule has 0 atom stereocenters. The maximum atomic E-state index is 9.24. The third-order valence-corrected chi connectivity index (χ3v) is 4.43. The number of aliphatic hydroxyl groups excluding tert-OH is 2. The summed E-state index contributed by atoms with van der Waals surface area (Å²) in [6, 6.07) is 16.2. The van der Waals surface area contributed by atoms with Gasteiger partial charge in [0.2, 0.25) is 0 Å². The highest BCUT2D eigenvalue weighted by Gasteiger charge is 2.10. The number of aliphatic hydroxyl groups is 2. The van der Waals surface area contributed by atoms with Crippen LogP contribution in [0.2, 0.25) is 0 Å². The van der Waals surface area contributed by atoms with Crippen LogP contribution in [0.5, 0.6) is 11.5 Å². The van der Waals surface area contributed by atoms with Gasteiger partial charge in [-0.15, -0.1) is 0 Å². The molecule has 0 aliphatic rings. The van der Waals surface area contributed by atoms with E-state index < -0.39 is 0 Å². The summed E-state index contributed by atoms with van der Waals surface area (Å²) in [4.78, 5) is 1.91. The van der Waals surface area contributed by atoms with Gasteiger partial charge in [-0.25, -0.2) is 0 Å². The van der Waals surface area contributed by atoms with E-state index in [0.717, 1.165) is 37.1 Å². The van der Waals surface area contributed by atoms with Crippen molar-refractivity contribution in [2.75, 3.05) is 44.9 Å². The number of anilines is 1. The van der Waals surface area contributed by atoms with Crippen molar-refractivity contribution in [1.82, 2.24) is 0 Å². The summed E-state index contributed by atoms with van der Waals surface area (Å²) >= 11 is 0. The summed E-state index contributed by atoms with van der Waals surface area (Å²) in [7, 11) is 1.62. The van der Waals surface area contributed by atoms with E-state index in [2.05, 4.69) is 24.3 Å². The molecule has 0 saturated heterocycles. The molecule has 0 aliphatic heterocycles. The Balaban J connectivity index is 1.83. The first-order valence-electron chi connectivity index (χ1n) is 9.59. The molecule has 0 radical (unpaired) electrons. The molecule has 27 heavy (non-hydrogen) atoms. The van der Waals surface area contributed by atoms with Gasteiger partial charge in [-0.05, 0) is 31.2 Å².